The lowest BCUT2D eigenvalue weighted by Crippen LogP contribution is -2.12. The van der Waals surface area contributed by atoms with Crippen molar-refractivity contribution < 1.29 is 4.79 Å². The van der Waals surface area contributed by atoms with E-state index in [0.29, 0.717) is 22.9 Å². The Balaban J connectivity index is 2.55. The maximum atomic E-state index is 11.7. The zero-order valence-corrected chi connectivity index (χ0v) is 13.1. The molecule has 0 aliphatic rings. The van der Waals surface area contributed by atoms with Gasteiger partial charge in [0.15, 0.2) is 5.78 Å². The van der Waals surface area contributed by atoms with Gasteiger partial charge in [-0.1, -0.05) is 40.0 Å². The van der Waals surface area contributed by atoms with Crippen LogP contribution < -0.4 is 11.1 Å². The summed E-state index contributed by atoms with van der Waals surface area (Å²) in [7, 11) is 0. The van der Waals surface area contributed by atoms with Crippen LogP contribution >= 0.6 is 11.3 Å². The molecule has 0 saturated heterocycles. The van der Waals surface area contributed by atoms with Crippen LogP contribution in [-0.4, -0.2) is 12.3 Å². The van der Waals surface area contributed by atoms with Crippen LogP contribution in [0.25, 0.3) is 0 Å². The Morgan fingerprint density at radius 3 is 2.74 bits per heavy atom. The summed E-state index contributed by atoms with van der Waals surface area (Å²) >= 11 is 1.48. The molecular weight excluding hydrogens is 256 g/mol. The third-order valence-electron chi connectivity index (χ3n) is 3.44. The molecule has 0 amide bonds. The van der Waals surface area contributed by atoms with Crippen LogP contribution in [0.4, 0.5) is 10.7 Å². The average Bonchev–Trinajstić information content (AvgIpc) is 2.79. The second-order valence-corrected chi connectivity index (χ2v) is 6.02. The smallest absolute Gasteiger partial charge is 0.174 e. The molecule has 0 radical (unpaired) electrons. The van der Waals surface area contributed by atoms with Crippen LogP contribution in [0.1, 0.15) is 62.5 Å². The second kappa shape index (κ2) is 8.20. The van der Waals surface area contributed by atoms with Gasteiger partial charge in [0.25, 0.3) is 0 Å². The minimum Gasteiger partial charge on any atom is -0.397 e. The van der Waals surface area contributed by atoms with E-state index in [9.17, 15) is 4.79 Å². The summed E-state index contributed by atoms with van der Waals surface area (Å²) in [6.45, 7) is 7.29. The highest BCUT2D eigenvalue weighted by Gasteiger charge is 2.13. The summed E-state index contributed by atoms with van der Waals surface area (Å²) < 4.78 is 0. The zero-order valence-electron chi connectivity index (χ0n) is 12.3. The molecule has 0 saturated carbocycles. The monoisotopic (exact) mass is 282 g/mol. The molecule has 19 heavy (non-hydrogen) atoms. The predicted molar refractivity (Wildman–Crippen MR) is 85.1 cm³/mol. The van der Waals surface area contributed by atoms with Crippen LogP contribution in [0.15, 0.2) is 6.07 Å². The van der Waals surface area contributed by atoms with E-state index in [4.69, 9.17) is 5.73 Å². The van der Waals surface area contributed by atoms with E-state index in [0.717, 1.165) is 11.5 Å². The molecule has 0 aliphatic carbocycles. The third-order valence-corrected chi connectivity index (χ3v) is 4.59. The lowest BCUT2D eigenvalue weighted by molar-refractivity contribution is 0.0993. The van der Waals surface area contributed by atoms with Gasteiger partial charge in [-0.25, -0.2) is 0 Å². The number of carbonyl (C=O) groups excluding carboxylic acids is 1. The van der Waals surface area contributed by atoms with Crippen LogP contribution in [0, 0.1) is 5.92 Å². The van der Waals surface area contributed by atoms with Crippen LogP contribution in [0.3, 0.4) is 0 Å². The van der Waals surface area contributed by atoms with E-state index in [2.05, 4.69) is 19.2 Å². The predicted octanol–water partition coefficient (Wildman–Crippen LogP) is 4.55. The fourth-order valence-corrected chi connectivity index (χ4v) is 3.06. The maximum absolute atomic E-state index is 11.7. The van der Waals surface area contributed by atoms with Crippen molar-refractivity contribution in [3.8, 4) is 0 Å². The molecule has 3 nitrogen and oxygen atoms in total. The Morgan fingerprint density at radius 1 is 1.42 bits per heavy atom. The summed E-state index contributed by atoms with van der Waals surface area (Å²) in [5.41, 5.74) is 6.50. The van der Waals surface area contributed by atoms with Gasteiger partial charge in [-0.2, -0.15) is 0 Å². The van der Waals surface area contributed by atoms with Crippen LogP contribution in [-0.2, 0) is 0 Å². The Hall–Kier alpha value is -1.03. The SMILES string of the molecule is CCCCC(CC)CNc1cc(N)c(C(=O)CC)s1. The molecule has 0 bridgehead atoms. The molecule has 4 heteroatoms. The highest BCUT2D eigenvalue weighted by Crippen LogP contribution is 2.30. The molecule has 1 rings (SSSR count). The first-order valence-electron chi connectivity index (χ1n) is 7.28. The number of carbonyl (C=O) groups is 1. The molecule has 3 N–H and O–H groups in total. The van der Waals surface area contributed by atoms with Crippen LogP contribution in [0.5, 0.6) is 0 Å². The molecule has 0 spiro atoms. The number of hydrogen-bond acceptors (Lipinski definition) is 4. The van der Waals surface area contributed by atoms with Crippen molar-refractivity contribution >= 4 is 27.8 Å². The molecule has 0 fully saturated rings. The molecule has 1 heterocycles. The Kier molecular flexibility index (Phi) is 6.92. The van der Waals surface area contributed by atoms with E-state index < -0.39 is 0 Å². The first-order chi connectivity index (χ1) is 9.12. The van der Waals surface area contributed by atoms with Crippen LogP contribution in [0.2, 0.25) is 0 Å². The number of nitrogen functional groups attached to an aromatic ring is 1. The molecule has 0 aromatic carbocycles. The maximum Gasteiger partial charge on any atom is 0.174 e. The summed E-state index contributed by atoms with van der Waals surface area (Å²) in [6, 6.07) is 1.89. The van der Waals surface area contributed by atoms with Gasteiger partial charge in [0.1, 0.15) is 0 Å². The fraction of sp³-hybridized carbons (Fsp3) is 0.667. The van der Waals surface area contributed by atoms with E-state index >= 15 is 0 Å². The van der Waals surface area contributed by atoms with E-state index in [1.54, 1.807) is 0 Å². The number of unbranched alkanes of at least 4 members (excludes halogenated alkanes) is 1. The first kappa shape index (κ1) is 16.0. The highest BCUT2D eigenvalue weighted by atomic mass is 32.1. The molecular formula is C15H26N2OS. The number of nitrogens with two attached hydrogens (primary N) is 1. The first-order valence-corrected chi connectivity index (χ1v) is 8.10. The second-order valence-electron chi connectivity index (χ2n) is 4.97. The number of nitrogens with one attached hydrogen (secondary N) is 1. The van der Waals surface area contributed by atoms with Gasteiger partial charge in [-0.3, -0.25) is 4.79 Å². The Labute approximate surface area is 120 Å². The summed E-state index contributed by atoms with van der Waals surface area (Å²) in [4.78, 5) is 12.4. The standard InChI is InChI=1S/C15H26N2OS/c1-4-7-8-11(5-2)10-17-14-9-12(16)15(19-14)13(18)6-3/h9,11,17H,4-8,10,16H2,1-3H3. The number of anilines is 2. The van der Waals surface area contributed by atoms with Gasteiger partial charge in [-0.05, 0) is 18.4 Å². The largest absolute Gasteiger partial charge is 0.397 e. The van der Waals surface area contributed by atoms with Crippen molar-refractivity contribution in [2.75, 3.05) is 17.6 Å². The summed E-state index contributed by atoms with van der Waals surface area (Å²) in [5.74, 6) is 0.835. The van der Waals surface area contributed by atoms with E-state index in [1.165, 1.54) is 37.0 Å². The molecule has 1 unspecified atom stereocenters. The topological polar surface area (TPSA) is 55.1 Å². The zero-order chi connectivity index (χ0) is 14.3. The summed E-state index contributed by atoms with van der Waals surface area (Å²) in [6.07, 6.45) is 5.50. The van der Waals surface area contributed by atoms with Gasteiger partial charge in [0.2, 0.25) is 0 Å². The van der Waals surface area contributed by atoms with E-state index in [1.807, 2.05) is 13.0 Å². The average molecular weight is 282 g/mol. The molecule has 1 aromatic rings. The molecule has 1 aromatic heterocycles. The molecule has 0 aliphatic heterocycles. The minimum absolute atomic E-state index is 0.133. The minimum atomic E-state index is 0.133. The van der Waals surface area contributed by atoms with Gasteiger partial charge in [0, 0.05) is 13.0 Å². The van der Waals surface area contributed by atoms with Gasteiger partial charge < -0.3 is 11.1 Å². The van der Waals surface area contributed by atoms with E-state index in [-0.39, 0.29) is 5.78 Å². The van der Waals surface area contributed by atoms with Gasteiger partial charge in [-0.15, -0.1) is 11.3 Å². The number of thiophene rings is 1. The van der Waals surface area contributed by atoms with Crippen molar-refractivity contribution in [3.63, 3.8) is 0 Å². The quantitative estimate of drug-likeness (QED) is 0.653. The van der Waals surface area contributed by atoms with Gasteiger partial charge >= 0.3 is 0 Å². The lowest BCUT2D eigenvalue weighted by Gasteiger charge is -2.14. The number of Topliss-reactive ketones (excluding diaryl/α,β-unsaturated/α-hetero) is 1. The molecule has 108 valence electrons. The highest BCUT2D eigenvalue weighted by molar-refractivity contribution is 7.18. The van der Waals surface area contributed by atoms with Crippen molar-refractivity contribution in [1.82, 2.24) is 0 Å². The van der Waals surface area contributed by atoms with Crippen molar-refractivity contribution in [2.45, 2.75) is 52.9 Å². The Bertz CT molecular complexity index is 401. The molecule has 1 atom stereocenters. The number of ketones is 1. The number of hydrogen-bond donors (Lipinski definition) is 2. The Morgan fingerprint density at radius 2 is 2.16 bits per heavy atom. The van der Waals surface area contributed by atoms with Gasteiger partial charge in [0.05, 0.1) is 15.6 Å². The third kappa shape index (κ3) is 4.86. The van der Waals surface area contributed by atoms with Crippen molar-refractivity contribution in [2.24, 2.45) is 5.92 Å². The normalized spacial score (nSPS) is 12.4. The summed E-state index contributed by atoms with van der Waals surface area (Å²) in [5, 5.41) is 4.45. The lowest BCUT2D eigenvalue weighted by atomic mass is 9.99. The fourth-order valence-electron chi connectivity index (χ4n) is 2.06. The van der Waals surface area contributed by atoms with Crippen molar-refractivity contribution in [3.05, 3.63) is 10.9 Å². The van der Waals surface area contributed by atoms with Crippen molar-refractivity contribution in [1.29, 1.82) is 0 Å². The number of rotatable bonds is 9.